The first-order valence-corrected chi connectivity index (χ1v) is 10.9. The second-order valence-corrected chi connectivity index (χ2v) is 7.59. The van der Waals surface area contributed by atoms with Gasteiger partial charge in [0, 0.05) is 22.5 Å². The number of nitrogens with two attached hydrogens (primary N) is 3. The molecule has 0 heterocycles. The molecule has 2 amide bonds. The number of hydrogen-bond donors (Lipinski definition) is 11. The maximum atomic E-state index is 12.7. The van der Waals surface area contributed by atoms with E-state index in [1.807, 2.05) is 6.07 Å². The van der Waals surface area contributed by atoms with Gasteiger partial charge in [-0.1, -0.05) is 12.1 Å². The van der Waals surface area contributed by atoms with Crippen molar-refractivity contribution < 1.29 is 4.79 Å². The van der Waals surface area contributed by atoms with Crippen molar-refractivity contribution in [3.63, 3.8) is 0 Å². The molecule has 0 aromatic heterocycles. The molecule has 2 aromatic carbocycles. The Morgan fingerprint density at radius 3 is 1.76 bits per heavy atom. The van der Waals surface area contributed by atoms with Crippen LogP contribution in [0.1, 0.15) is 37.5 Å². The molecular formula is C22H32N14O. The first kappa shape index (κ1) is 28.2. The summed E-state index contributed by atoms with van der Waals surface area (Å²) in [5.41, 5.74) is 31.0. The van der Waals surface area contributed by atoms with Crippen LogP contribution in [0.4, 0.5) is 16.2 Å². The number of carbonyl (C=O) groups excluding carboxylic acids is 1. The van der Waals surface area contributed by atoms with E-state index in [-0.39, 0.29) is 18.6 Å². The van der Waals surface area contributed by atoms with Crippen LogP contribution in [-0.2, 0) is 0 Å². The summed E-state index contributed by atoms with van der Waals surface area (Å²) < 4.78 is 0. The van der Waals surface area contributed by atoms with E-state index in [9.17, 15) is 4.79 Å². The highest BCUT2D eigenvalue weighted by Gasteiger charge is 2.10. The second kappa shape index (κ2) is 13.8. The molecule has 0 bridgehead atoms. The van der Waals surface area contributed by atoms with Gasteiger partial charge in [-0.05, 0) is 56.7 Å². The summed E-state index contributed by atoms with van der Waals surface area (Å²) in [6.45, 7) is 5.47. The summed E-state index contributed by atoms with van der Waals surface area (Å²) in [6, 6.07) is 11.8. The normalized spacial score (nSPS) is 11.9. The zero-order valence-electron chi connectivity index (χ0n) is 20.7. The molecule has 0 aliphatic rings. The fourth-order valence-corrected chi connectivity index (χ4v) is 2.86. The summed E-state index contributed by atoms with van der Waals surface area (Å²) in [6.07, 6.45) is 0. The number of hydrazine groups is 1. The summed E-state index contributed by atoms with van der Waals surface area (Å²) in [7, 11) is 0. The predicted molar refractivity (Wildman–Crippen MR) is 148 cm³/mol. The summed E-state index contributed by atoms with van der Waals surface area (Å²) in [5.74, 6) is -0.561. The largest absolute Gasteiger partial charge is 0.369 e. The third kappa shape index (κ3) is 9.63. The van der Waals surface area contributed by atoms with E-state index in [1.165, 1.54) is 0 Å². The molecule has 2 rings (SSSR count). The number of rotatable bonds is 10. The Kier molecular flexibility index (Phi) is 10.5. The molecule has 14 N–H and O–H groups in total. The van der Waals surface area contributed by atoms with E-state index >= 15 is 0 Å². The molecule has 0 aliphatic heterocycles. The Bertz CT molecular complexity index is 1220. The van der Waals surface area contributed by atoms with Gasteiger partial charge in [-0.3, -0.25) is 10.8 Å². The second-order valence-electron chi connectivity index (χ2n) is 7.59. The summed E-state index contributed by atoms with van der Waals surface area (Å²) in [5, 5.41) is 32.3. The minimum Gasteiger partial charge on any atom is -0.369 e. The molecule has 15 nitrogen and oxygen atoms in total. The van der Waals surface area contributed by atoms with Gasteiger partial charge in [0.05, 0.1) is 23.8 Å². The lowest BCUT2D eigenvalue weighted by molar-refractivity contribution is 0.262. The third-order valence-corrected chi connectivity index (χ3v) is 4.68. The van der Waals surface area contributed by atoms with Gasteiger partial charge in [0.2, 0.25) is 11.9 Å². The van der Waals surface area contributed by atoms with E-state index in [0.717, 1.165) is 5.56 Å². The fourth-order valence-electron chi connectivity index (χ4n) is 2.86. The van der Waals surface area contributed by atoms with E-state index in [4.69, 9.17) is 28.0 Å². The van der Waals surface area contributed by atoms with E-state index in [2.05, 4.69) is 47.7 Å². The topological polar surface area (TPSA) is 252 Å². The van der Waals surface area contributed by atoms with Crippen LogP contribution in [0.2, 0.25) is 0 Å². The van der Waals surface area contributed by atoms with Crippen molar-refractivity contribution in [3.8, 4) is 0 Å². The van der Waals surface area contributed by atoms with Crippen molar-refractivity contribution in [2.24, 2.45) is 32.5 Å². The van der Waals surface area contributed by atoms with Crippen LogP contribution in [0.25, 0.3) is 0 Å². The Morgan fingerprint density at radius 2 is 1.24 bits per heavy atom. The molecule has 0 aliphatic carbocycles. The first-order chi connectivity index (χ1) is 17.6. The van der Waals surface area contributed by atoms with E-state index in [0.29, 0.717) is 39.6 Å². The van der Waals surface area contributed by atoms with Crippen LogP contribution in [0.3, 0.4) is 0 Å². The van der Waals surface area contributed by atoms with Gasteiger partial charge in [-0.25, -0.2) is 26.6 Å². The minimum atomic E-state index is -0.464. The van der Waals surface area contributed by atoms with Crippen molar-refractivity contribution >= 4 is 46.5 Å². The Balaban J connectivity index is 2.23. The smallest absolute Gasteiger partial charge is 0.323 e. The maximum absolute atomic E-state index is 12.7. The molecule has 2 aromatic rings. The zero-order valence-corrected chi connectivity index (χ0v) is 20.7. The number of amides is 2. The monoisotopic (exact) mass is 508 g/mol. The quantitative estimate of drug-likeness (QED) is 0.0705. The number of nitrogens with zero attached hydrogens (tertiary/aromatic N) is 3. The average Bonchev–Trinajstić information content (AvgIpc) is 2.86. The molecule has 0 radical (unpaired) electrons. The number of hydrazone groups is 3. The van der Waals surface area contributed by atoms with E-state index in [1.54, 1.807) is 57.2 Å². The number of urea groups is 1. The van der Waals surface area contributed by atoms with Gasteiger partial charge < -0.3 is 27.8 Å². The van der Waals surface area contributed by atoms with Crippen LogP contribution < -0.4 is 49.6 Å². The molecule has 37 heavy (non-hydrogen) atoms. The molecule has 0 spiro atoms. The van der Waals surface area contributed by atoms with Crippen LogP contribution in [0, 0.1) is 10.8 Å². The van der Waals surface area contributed by atoms with Crippen molar-refractivity contribution in [1.82, 2.24) is 21.8 Å². The number of benzene rings is 2. The van der Waals surface area contributed by atoms with Crippen LogP contribution in [0.5, 0.6) is 0 Å². The van der Waals surface area contributed by atoms with Crippen LogP contribution in [0.15, 0.2) is 57.8 Å². The summed E-state index contributed by atoms with van der Waals surface area (Å²) in [4.78, 5) is 12.7. The molecule has 0 saturated heterocycles. The van der Waals surface area contributed by atoms with Gasteiger partial charge in [-0.15, -0.1) is 0 Å². The first-order valence-electron chi connectivity index (χ1n) is 10.9. The molecule has 196 valence electrons. The lowest BCUT2D eigenvalue weighted by atomic mass is 10.0. The third-order valence-electron chi connectivity index (χ3n) is 4.68. The minimum absolute atomic E-state index is 0.189. The maximum Gasteiger partial charge on any atom is 0.323 e. The van der Waals surface area contributed by atoms with Gasteiger partial charge in [0.25, 0.3) is 0 Å². The van der Waals surface area contributed by atoms with Gasteiger partial charge in [0.1, 0.15) is 0 Å². The number of hydrogen-bond acceptors (Lipinski definition) is 9. The fraction of sp³-hybridized carbons (Fsp3) is 0.182. The van der Waals surface area contributed by atoms with Gasteiger partial charge in [-0.2, -0.15) is 15.3 Å². The van der Waals surface area contributed by atoms with Gasteiger partial charge >= 0.3 is 6.03 Å². The van der Waals surface area contributed by atoms with Crippen molar-refractivity contribution in [1.29, 1.82) is 10.8 Å². The Hall–Kier alpha value is -5.02. The predicted octanol–water partition coefficient (Wildman–Crippen LogP) is 0.479. The van der Waals surface area contributed by atoms with Crippen LogP contribution >= 0.6 is 0 Å². The highest BCUT2D eigenvalue weighted by Crippen LogP contribution is 2.18. The SMILES string of the molecule is C/C(=N/NC(=N)N)c1cc(NC(=O)Nc2ccc(/C(C)=N/NC(=N)N)cc2)cc(/C(C)=N/NNCN)c1. The number of nitrogens with one attached hydrogen (secondary N) is 8. The standard InChI is InChI=1S/C22H32N14O/c1-12(31-34-20(24)25)15-4-6-18(7-5-15)29-22(37)30-19-9-16(13(2)32-35-21(26)27)8-17(10-19)14(3)33-36-28-11-23/h4-10,28,36H,11,23H2,1-3H3,(H4,24,25,34)(H4,26,27,35)(H2,29,30,37)/b31-12+,32-13-,33-14+. The van der Waals surface area contributed by atoms with Crippen LogP contribution in [-0.4, -0.2) is 41.8 Å². The molecule has 0 saturated carbocycles. The van der Waals surface area contributed by atoms with Crippen molar-refractivity contribution in [3.05, 3.63) is 59.2 Å². The zero-order chi connectivity index (χ0) is 27.4. The molecule has 0 atom stereocenters. The Morgan fingerprint density at radius 1 is 0.757 bits per heavy atom. The molecule has 15 heteroatoms. The lowest BCUT2D eigenvalue weighted by Crippen LogP contribution is -2.33. The Labute approximate surface area is 214 Å². The number of guanidine groups is 2. The van der Waals surface area contributed by atoms with Crippen molar-refractivity contribution in [2.75, 3.05) is 17.3 Å². The van der Waals surface area contributed by atoms with Gasteiger partial charge in [0.15, 0.2) is 0 Å². The number of anilines is 2. The van der Waals surface area contributed by atoms with E-state index < -0.39 is 6.03 Å². The molecule has 0 unspecified atom stereocenters. The molecule has 0 fully saturated rings. The average molecular weight is 509 g/mol. The highest BCUT2D eigenvalue weighted by atomic mass is 16.2. The molecular weight excluding hydrogens is 476 g/mol. The summed E-state index contributed by atoms with van der Waals surface area (Å²) >= 11 is 0. The lowest BCUT2D eigenvalue weighted by Gasteiger charge is -2.13. The highest BCUT2D eigenvalue weighted by molar-refractivity contribution is 6.07. The van der Waals surface area contributed by atoms with Crippen molar-refractivity contribution in [2.45, 2.75) is 20.8 Å². The number of carbonyl (C=O) groups is 1.